The number of nitrogens with one attached hydrogen (secondary N) is 1. The highest BCUT2D eigenvalue weighted by molar-refractivity contribution is 7.92. The van der Waals surface area contributed by atoms with E-state index in [-0.39, 0.29) is 36.4 Å². The highest BCUT2D eigenvalue weighted by Crippen LogP contribution is 2.32. The largest absolute Gasteiger partial charge is 0.361 e. The predicted octanol–water partition coefficient (Wildman–Crippen LogP) is 2.82. The minimum Gasteiger partial charge on any atom is -0.361 e. The quantitative estimate of drug-likeness (QED) is 0.144. The Morgan fingerprint density at radius 2 is 1.73 bits per heavy atom. The fourth-order valence-electron chi connectivity index (χ4n) is 4.38. The van der Waals surface area contributed by atoms with E-state index in [1.165, 1.54) is 24.3 Å². The molecule has 0 aromatic heterocycles. The number of rotatable bonds is 10. The van der Waals surface area contributed by atoms with E-state index in [0.717, 1.165) is 34.0 Å². The number of fused-ring (bicyclic) bond motifs is 1. The lowest BCUT2D eigenvalue weighted by Gasteiger charge is -2.34. The Kier molecular flexibility index (Phi) is 7.91. The molecule has 0 bridgehead atoms. The molecule has 40 heavy (non-hydrogen) atoms. The average molecular weight is 589 g/mol. The summed E-state index contributed by atoms with van der Waals surface area (Å²) in [5.74, 6) is -2.76. The van der Waals surface area contributed by atoms with Crippen LogP contribution in [-0.2, 0) is 24.3 Å². The Morgan fingerprint density at radius 3 is 2.40 bits per heavy atom. The van der Waals surface area contributed by atoms with Gasteiger partial charge in [-0.2, -0.15) is 0 Å². The van der Waals surface area contributed by atoms with Crippen LogP contribution in [0.4, 0.5) is 11.4 Å². The van der Waals surface area contributed by atoms with Gasteiger partial charge in [0, 0.05) is 32.9 Å². The molecule has 2 aromatic rings. The first-order chi connectivity index (χ1) is 18.7. The van der Waals surface area contributed by atoms with Crippen LogP contribution in [0.25, 0.3) is 0 Å². The van der Waals surface area contributed by atoms with Gasteiger partial charge in [0.25, 0.3) is 33.4 Å². The summed E-state index contributed by atoms with van der Waals surface area (Å²) in [5.41, 5.74) is -0.924. The molecule has 1 fully saturated rings. The van der Waals surface area contributed by atoms with Crippen LogP contribution in [0.3, 0.4) is 0 Å². The number of amides is 4. The molecule has 1 N–H and O–H groups in total. The fourth-order valence-corrected chi connectivity index (χ4v) is 6.36. The number of ether oxygens (including phenoxy) is 1. The summed E-state index contributed by atoms with van der Waals surface area (Å²) in [5, 5.41) is 11.3. The average Bonchev–Trinajstić information content (AvgIpc) is 3.12. The van der Waals surface area contributed by atoms with Crippen molar-refractivity contribution in [2.75, 3.05) is 18.1 Å². The van der Waals surface area contributed by atoms with E-state index in [2.05, 4.69) is 24.4 Å². The van der Waals surface area contributed by atoms with Gasteiger partial charge in [-0.25, -0.2) is 8.42 Å². The summed E-state index contributed by atoms with van der Waals surface area (Å²) in [6.07, 6.45) is -0.117. The van der Waals surface area contributed by atoms with Crippen molar-refractivity contribution in [1.82, 2.24) is 9.80 Å². The zero-order valence-corrected chi connectivity index (χ0v) is 23.9. The summed E-state index contributed by atoms with van der Waals surface area (Å²) < 4.78 is 33.5. The highest BCUT2D eigenvalue weighted by atomic mass is 32.2. The lowest BCUT2D eigenvalue weighted by Crippen LogP contribution is -2.56. The summed E-state index contributed by atoms with van der Waals surface area (Å²) in [7, 11) is -5.82. The number of nitro benzene ring substituents is 1. The Hall–Kier alpha value is -3.95. The highest BCUT2D eigenvalue weighted by Gasteiger charge is 2.47. The maximum absolute atomic E-state index is 13.3. The molecule has 0 spiro atoms. The molecule has 2 aromatic carbocycles. The normalized spacial score (nSPS) is 17.8. The first kappa shape index (κ1) is 29.0. The van der Waals surface area contributed by atoms with Crippen LogP contribution >= 0.6 is 0 Å². The van der Waals surface area contributed by atoms with E-state index in [1.807, 2.05) is 0 Å². The second-order valence-electron chi connectivity index (χ2n) is 10.6. The molecule has 4 amide bonds. The summed E-state index contributed by atoms with van der Waals surface area (Å²) in [6.45, 7) is 6.57. The molecule has 1 unspecified atom stereocenters. The molecule has 2 heterocycles. The minimum absolute atomic E-state index is 0.0405. The third-order valence-corrected chi connectivity index (χ3v) is 9.67. The molecule has 0 aliphatic carbocycles. The number of anilines is 1. The Morgan fingerprint density at radius 1 is 1.05 bits per heavy atom. The number of imide groups is 2. The zero-order valence-electron chi connectivity index (χ0n) is 22.1. The monoisotopic (exact) mass is 588 g/mol. The number of nitrogens with zero attached hydrogens (tertiary/aromatic N) is 3. The first-order valence-electron chi connectivity index (χ1n) is 12.4. The maximum atomic E-state index is 13.3. The number of hydrogen-bond donors (Lipinski definition) is 1. The number of piperidine rings is 1. The molecular formula is C25H28N4O9SSi. The lowest BCUT2D eigenvalue weighted by molar-refractivity contribution is -0.387. The zero-order chi connectivity index (χ0) is 29.4. The third-order valence-electron chi connectivity index (χ3n) is 6.53. The predicted molar refractivity (Wildman–Crippen MR) is 145 cm³/mol. The summed E-state index contributed by atoms with van der Waals surface area (Å²) in [4.78, 5) is 63.7. The van der Waals surface area contributed by atoms with Crippen LogP contribution in [0, 0.1) is 10.1 Å². The van der Waals surface area contributed by atoms with E-state index >= 15 is 0 Å². The van der Waals surface area contributed by atoms with Gasteiger partial charge in [0.2, 0.25) is 5.91 Å². The van der Waals surface area contributed by atoms with Gasteiger partial charge in [-0.05, 0) is 36.7 Å². The van der Waals surface area contributed by atoms with Crippen LogP contribution in [-0.4, -0.2) is 74.2 Å². The van der Waals surface area contributed by atoms with Crippen molar-refractivity contribution in [2.24, 2.45) is 0 Å². The van der Waals surface area contributed by atoms with Gasteiger partial charge < -0.3 is 4.74 Å². The van der Waals surface area contributed by atoms with Crippen molar-refractivity contribution in [3.63, 3.8) is 0 Å². The standard InChI is InChI=1S/C25H28N4O9SSi/c1-40(2,3)13-12-38-15-27-22(30)11-10-20(25(27)33)28-23(31)17-9-8-16(14-18(17)24(28)32)26-39(36,37)21-7-5-4-6-19(21)29(34)35/h4-9,14,20,26H,10-13,15H2,1-3H3. The smallest absolute Gasteiger partial charge is 0.289 e. The van der Waals surface area contributed by atoms with E-state index in [4.69, 9.17) is 4.74 Å². The van der Waals surface area contributed by atoms with Crippen molar-refractivity contribution >= 4 is 53.1 Å². The van der Waals surface area contributed by atoms with Gasteiger partial charge in [-0.3, -0.25) is 43.8 Å². The van der Waals surface area contributed by atoms with Crippen molar-refractivity contribution in [3.05, 3.63) is 63.7 Å². The fraction of sp³-hybridized carbons (Fsp3) is 0.360. The molecule has 212 valence electrons. The number of carbonyl (C=O) groups excluding carboxylic acids is 4. The molecular weight excluding hydrogens is 560 g/mol. The van der Waals surface area contributed by atoms with Crippen LogP contribution < -0.4 is 4.72 Å². The number of nitro groups is 1. The SMILES string of the molecule is C[Si](C)(C)CCOCN1C(=O)CCC(N2C(=O)c3ccc(NS(=O)(=O)c4ccccc4[N+](=O)[O-])cc3C2=O)C1=O. The molecule has 0 saturated carbocycles. The van der Waals surface area contributed by atoms with Crippen LogP contribution in [0.2, 0.25) is 25.7 Å². The van der Waals surface area contributed by atoms with Gasteiger partial charge in [-0.15, -0.1) is 0 Å². The molecule has 2 aliphatic rings. The molecule has 15 heteroatoms. The second-order valence-corrected chi connectivity index (χ2v) is 17.9. The van der Waals surface area contributed by atoms with Crippen molar-refractivity contribution in [2.45, 2.75) is 49.5 Å². The van der Waals surface area contributed by atoms with E-state index in [1.54, 1.807) is 0 Å². The van der Waals surface area contributed by atoms with Gasteiger partial charge in [-0.1, -0.05) is 31.8 Å². The molecule has 13 nitrogen and oxygen atoms in total. The number of benzene rings is 2. The van der Waals surface area contributed by atoms with Gasteiger partial charge >= 0.3 is 0 Å². The van der Waals surface area contributed by atoms with Gasteiger partial charge in [0.15, 0.2) is 4.90 Å². The molecule has 1 atom stereocenters. The van der Waals surface area contributed by atoms with Crippen LogP contribution in [0.5, 0.6) is 0 Å². The lowest BCUT2D eigenvalue weighted by atomic mass is 10.0. The first-order valence-corrected chi connectivity index (χ1v) is 17.6. The number of likely N-dealkylation sites (tertiary alicyclic amines) is 1. The number of hydrogen-bond acceptors (Lipinski definition) is 9. The Labute approximate surface area is 231 Å². The number of carbonyl (C=O) groups is 4. The Bertz CT molecular complexity index is 1520. The van der Waals surface area contributed by atoms with Gasteiger partial charge in [0.05, 0.1) is 16.1 Å². The Balaban J connectivity index is 1.53. The van der Waals surface area contributed by atoms with E-state index in [9.17, 15) is 37.7 Å². The van der Waals surface area contributed by atoms with Crippen molar-refractivity contribution in [3.8, 4) is 0 Å². The van der Waals surface area contributed by atoms with Gasteiger partial charge in [0.1, 0.15) is 12.8 Å². The molecule has 0 radical (unpaired) electrons. The third kappa shape index (κ3) is 5.80. The summed E-state index contributed by atoms with van der Waals surface area (Å²) in [6, 6.07) is 7.99. The maximum Gasteiger partial charge on any atom is 0.289 e. The topological polar surface area (TPSA) is 173 Å². The summed E-state index contributed by atoms with van der Waals surface area (Å²) >= 11 is 0. The van der Waals surface area contributed by atoms with Crippen molar-refractivity contribution < 1.29 is 37.3 Å². The molecule has 4 rings (SSSR count). The van der Waals surface area contributed by atoms with E-state index < -0.39 is 63.3 Å². The number of para-hydroxylation sites is 1. The molecule has 1 saturated heterocycles. The number of sulfonamides is 1. The van der Waals surface area contributed by atoms with E-state index in [0.29, 0.717) is 6.61 Å². The van der Waals surface area contributed by atoms with Crippen LogP contribution in [0.15, 0.2) is 47.4 Å². The minimum atomic E-state index is -4.43. The molecule has 2 aliphatic heterocycles. The van der Waals surface area contributed by atoms with Crippen molar-refractivity contribution in [1.29, 1.82) is 0 Å². The second kappa shape index (κ2) is 10.9. The van der Waals surface area contributed by atoms with Crippen LogP contribution in [0.1, 0.15) is 33.6 Å².